The molecule has 0 bridgehead atoms. The van der Waals surface area contributed by atoms with Crippen LogP contribution in [0, 0.1) is 10.1 Å². The number of hydrogen-bond acceptors (Lipinski definition) is 3. The molecule has 21 heavy (non-hydrogen) atoms. The van der Waals surface area contributed by atoms with Gasteiger partial charge in [-0.1, -0.05) is 0 Å². The van der Waals surface area contributed by atoms with Crippen LogP contribution >= 0.6 is 0 Å². The summed E-state index contributed by atoms with van der Waals surface area (Å²) in [5.74, 6) is -1.56. The first-order valence-electron chi connectivity index (χ1n) is 5.08. The van der Waals surface area contributed by atoms with Crippen LogP contribution in [-0.4, -0.2) is 23.1 Å². The highest BCUT2D eigenvalue weighted by Gasteiger charge is 2.51. The molecule has 1 aromatic rings. The molecule has 0 spiro atoms. The molecule has 0 aliphatic heterocycles. The summed E-state index contributed by atoms with van der Waals surface area (Å²) in [7, 11) is 0. The fourth-order valence-electron chi connectivity index (χ4n) is 1.29. The molecule has 0 heterocycles. The molecule has 0 aliphatic rings. The van der Waals surface area contributed by atoms with Crippen molar-refractivity contribution in [2.24, 2.45) is 0 Å². The maximum Gasteiger partial charge on any atom is 0.421 e. The molecule has 0 saturated heterocycles. The summed E-state index contributed by atoms with van der Waals surface area (Å²) in [6.07, 6.45) is -12.1. The maximum absolute atomic E-state index is 12.2. The van der Waals surface area contributed by atoms with Gasteiger partial charge in [0, 0.05) is 23.8 Å². The molecular formula is C11H5F6NO3. The van der Waals surface area contributed by atoms with Crippen LogP contribution in [0.25, 0.3) is 0 Å². The number of halogens is 6. The molecule has 1 aromatic carbocycles. The number of rotatable bonds is 3. The van der Waals surface area contributed by atoms with Crippen LogP contribution in [0.1, 0.15) is 10.4 Å². The zero-order valence-corrected chi connectivity index (χ0v) is 9.83. The Balaban J connectivity index is 3.17. The van der Waals surface area contributed by atoms with Crippen molar-refractivity contribution in [1.29, 1.82) is 0 Å². The van der Waals surface area contributed by atoms with Gasteiger partial charge in [0.15, 0.2) is 5.78 Å². The number of hydrogen-bond donors (Lipinski definition) is 0. The zero-order chi connectivity index (χ0) is 16.4. The molecular weight excluding hydrogens is 308 g/mol. The first kappa shape index (κ1) is 16.7. The quantitative estimate of drug-likeness (QED) is 0.280. The van der Waals surface area contributed by atoms with E-state index in [0.717, 1.165) is 24.3 Å². The van der Waals surface area contributed by atoms with Gasteiger partial charge in [0.1, 0.15) is 5.57 Å². The van der Waals surface area contributed by atoms with Crippen molar-refractivity contribution < 1.29 is 36.1 Å². The number of alkyl halides is 6. The molecule has 0 fully saturated rings. The third kappa shape index (κ3) is 4.29. The minimum Gasteiger partial charge on any atom is -0.289 e. The zero-order valence-electron chi connectivity index (χ0n) is 9.83. The number of carbonyl (C=O) groups excluding carboxylic acids is 1. The van der Waals surface area contributed by atoms with E-state index in [1.54, 1.807) is 0 Å². The molecule has 10 heteroatoms. The van der Waals surface area contributed by atoms with Gasteiger partial charge in [-0.15, -0.1) is 0 Å². The van der Waals surface area contributed by atoms with Crippen LogP contribution in [0.15, 0.2) is 35.9 Å². The lowest BCUT2D eigenvalue weighted by Gasteiger charge is -2.14. The van der Waals surface area contributed by atoms with Crippen molar-refractivity contribution >= 4 is 11.5 Å². The lowest BCUT2D eigenvalue weighted by Crippen LogP contribution is -2.27. The van der Waals surface area contributed by atoms with E-state index in [4.69, 9.17) is 0 Å². The third-order valence-corrected chi connectivity index (χ3v) is 2.25. The van der Waals surface area contributed by atoms with Crippen LogP contribution in [0.5, 0.6) is 0 Å². The van der Waals surface area contributed by atoms with E-state index in [9.17, 15) is 41.3 Å². The number of ketones is 1. The standard InChI is InChI=1S/C11H5F6NO3/c12-10(13,14)9(11(15,16)17)5-8(19)6-1-3-7(4-2-6)18(20)21/h1-5H. The smallest absolute Gasteiger partial charge is 0.289 e. The second kappa shape index (κ2) is 5.54. The largest absolute Gasteiger partial charge is 0.421 e. The Hall–Kier alpha value is -2.39. The van der Waals surface area contributed by atoms with E-state index < -0.39 is 46.0 Å². The number of nitro groups is 1. The number of nitro benzene ring substituents is 1. The van der Waals surface area contributed by atoms with E-state index in [1.165, 1.54) is 0 Å². The normalized spacial score (nSPS) is 11.9. The van der Waals surface area contributed by atoms with Gasteiger partial charge in [0.25, 0.3) is 5.69 Å². The molecule has 0 amide bonds. The summed E-state index contributed by atoms with van der Waals surface area (Å²) >= 11 is 0. The van der Waals surface area contributed by atoms with Gasteiger partial charge in [-0.25, -0.2) is 0 Å². The molecule has 0 radical (unpaired) electrons. The summed E-state index contributed by atoms with van der Waals surface area (Å²) in [6, 6.07) is 3.12. The number of nitrogens with zero attached hydrogens (tertiary/aromatic N) is 1. The van der Waals surface area contributed by atoms with E-state index in [2.05, 4.69) is 0 Å². The summed E-state index contributed by atoms with van der Waals surface area (Å²) in [6.45, 7) is 0. The Kier molecular flexibility index (Phi) is 4.40. The lowest BCUT2D eigenvalue weighted by molar-refractivity contribution is -0.384. The molecule has 0 aliphatic carbocycles. The Morgan fingerprint density at radius 3 is 1.76 bits per heavy atom. The average Bonchev–Trinajstić information content (AvgIpc) is 2.33. The average molecular weight is 313 g/mol. The highest BCUT2D eigenvalue weighted by Crippen LogP contribution is 2.38. The van der Waals surface area contributed by atoms with Crippen LogP contribution < -0.4 is 0 Å². The van der Waals surface area contributed by atoms with Crippen molar-refractivity contribution in [1.82, 2.24) is 0 Å². The second-order valence-electron chi connectivity index (χ2n) is 3.72. The van der Waals surface area contributed by atoms with Gasteiger partial charge in [0.2, 0.25) is 0 Å². The summed E-state index contributed by atoms with van der Waals surface area (Å²) in [5.41, 5.74) is -3.94. The predicted octanol–water partition coefficient (Wildman–Crippen LogP) is 3.83. The van der Waals surface area contributed by atoms with Gasteiger partial charge in [-0.2, -0.15) is 26.3 Å². The van der Waals surface area contributed by atoms with Crippen LogP contribution in [0.3, 0.4) is 0 Å². The van der Waals surface area contributed by atoms with Gasteiger partial charge in [-0.05, 0) is 12.1 Å². The number of allylic oxidation sites excluding steroid dienone is 2. The van der Waals surface area contributed by atoms with Gasteiger partial charge >= 0.3 is 12.4 Å². The lowest BCUT2D eigenvalue weighted by atomic mass is 10.1. The monoisotopic (exact) mass is 313 g/mol. The van der Waals surface area contributed by atoms with Crippen LogP contribution in [-0.2, 0) is 0 Å². The molecule has 0 atom stereocenters. The SMILES string of the molecule is O=C(C=C(C(F)(F)F)C(F)(F)F)c1ccc([N+](=O)[O-])cc1. The van der Waals surface area contributed by atoms with Crippen molar-refractivity contribution in [2.75, 3.05) is 0 Å². The highest BCUT2D eigenvalue weighted by atomic mass is 19.4. The molecule has 4 nitrogen and oxygen atoms in total. The number of carbonyl (C=O) groups is 1. The van der Waals surface area contributed by atoms with Crippen molar-refractivity contribution in [3.05, 3.63) is 51.6 Å². The minimum atomic E-state index is -5.74. The number of non-ortho nitro benzene ring substituents is 1. The van der Waals surface area contributed by atoms with Gasteiger partial charge in [-0.3, -0.25) is 14.9 Å². The van der Waals surface area contributed by atoms with Crippen LogP contribution in [0.2, 0.25) is 0 Å². The molecule has 0 N–H and O–H groups in total. The Morgan fingerprint density at radius 2 is 1.43 bits per heavy atom. The molecule has 0 unspecified atom stereocenters. The topological polar surface area (TPSA) is 60.2 Å². The van der Waals surface area contributed by atoms with E-state index >= 15 is 0 Å². The van der Waals surface area contributed by atoms with Gasteiger partial charge in [0.05, 0.1) is 4.92 Å². The summed E-state index contributed by atoms with van der Waals surface area (Å²) in [4.78, 5) is 20.9. The van der Waals surface area contributed by atoms with E-state index in [0.29, 0.717) is 0 Å². The van der Waals surface area contributed by atoms with Crippen molar-refractivity contribution in [3.8, 4) is 0 Å². The fourth-order valence-corrected chi connectivity index (χ4v) is 1.29. The van der Waals surface area contributed by atoms with E-state index in [-0.39, 0.29) is 0 Å². The molecule has 114 valence electrons. The van der Waals surface area contributed by atoms with E-state index in [1.807, 2.05) is 0 Å². The Bertz CT molecular complexity index is 569. The summed E-state index contributed by atoms with van der Waals surface area (Å²) < 4.78 is 73.4. The molecule has 0 saturated carbocycles. The Morgan fingerprint density at radius 1 is 1.00 bits per heavy atom. The minimum absolute atomic E-state index is 0.456. The third-order valence-electron chi connectivity index (χ3n) is 2.25. The van der Waals surface area contributed by atoms with Crippen LogP contribution in [0.4, 0.5) is 32.0 Å². The fraction of sp³-hybridized carbons (Fsp3) is 0.182. The predicted molar refractivity (Wildman–Crippen MR) is 57.6 cm³/mol. The first-order chi connectivity index (χ1) is 9.43. The van der Waals surface area contributed by atoms with Crippen molar-refractivity contribution in [3.63, 3.8) is 0 Å². The first-order valence-corrected chi connectivity index (χ1v) is 5.08. The molecule has 0 aromatic heterocycles. The second-order valence-corrected chi connectivity index (χ2v) is 3.72. The van der Waals surface area contributed by atoms with Gasteiger partial charge < -0.3 is 0 Å². The molecule has 1 rings (SSSR count). The number of benzene rings is 1. The Labute approximate surface area is 112 Å². The van der Waals surface area contributed by atoms with Crippen molar-refractivity contribution in [2.45, 2.75) is 12.4 Å². The maximum atomic E-state index is 12.2. The summed E-state index contributed by atoms with van der Waals surface area (Å²) in [5, 5.41) is 10.3. The highest BCUT2D eigenvalue weighted by molar-refractivity contribution is 6.05.